The summed E-state index contributed by atoms with van der Waals surface area (Å²) >= 11 is 0. The smallest absolute Gasteiger partial charge is 0.319 e. The second-order valence-electron chi connectivity index (χ2n) is 7.21. The van der Waals surface area contributed by atoms with E-state index in [4.69, 9.17) is 4.52 Å². The number of amides is 2. The number of hydrogen-bond donors (Lipinski definition) is 2. The summed E-state index contributed by atoms with van der Waals surface area (Å²) < 4.78 is 18.7. The summed E-state index contributed by atoms with van der Waals surface area (Å²) in [7, 11) is 1.96. The second kappa shape index (κ2) is 8.40. The fourth-order valence-corrected chi connectivity index (χ4v) is 3.56. The first-order valence-corrected chi connectivity index (χ1v) is 9.46. The van der Waals surface area contributed by atoms with Gasteiger partial charge < -0.3 is 15.2 Å². The number of anilines is 1. The minimum absolute atomic E-state index is 0.0634. The van der Waals surface area contributed by atoms with Gasteiger partial charge in [-0.2, -0.15) is 4.98 Å². The molecular weight excluding hydrogens is 373 g/mol. The van der Waals surface area contributed by atoms with E-state index in [-0.39, 0.29) is 18.1 Å². The predicted octanol–water partition coefficient (Wildman–Crippen LogP) is 3.37. The lowest BCUT2D eigenvalue weighted by atomic mass is 10.1. The molecular formula is C21H22FN5O2. The number of carbonyl (C=O) groups excluding carboxylic acids is 1. The number of urea groups is 1. The van der Waals surface area contributed by atoms with E-state index in [1.54, 1.807) is 12.1 Å². The van der Waals surface area contributed by atoms with Crippen LogP contribution in [0.1, 0.15) is 29.7 Å². The first-order chi connectivity index (χ1) is 14.1. The molecule has 2 aromatic carbocycles. The van der Waals surface area contributed by atoms with Crippen molar-refractivity contribution in [2.75, 3.05) is 18.9 Å². The van der Waals surface area contributed by atoms with Crippen LogP contribution in [0.3, 0.4) is 0 Å². The molecule has 3 aromatic rings. The number of likely N-dealkylation sites (tertiary alicyclic amines) is 1. The summed E-state index contributed by atoms with van der Waals surface area (Å²) in [6.45, 7) is 0.650. The van der Waals surface area contributed by atoms with Crippen LogP contribution in [0.2, 0.25) is 0 Å². The SMILES string of the molecule is CN1CC(NC(=O)Nc2cccc(F)c2)CC1c1nc(Cc2ccccc2)no1. The molecule has 0 radical (unpaired) electrons. The van der Waals surface area contributed by atoms with Crippen molar-refractivity contribution in [1.29, 1.82) is 0 Å². The summed E-state index contributed by atoms with van der Waals surface area (Å²) in [5.74, 6) is 0.791. The van der Waals surface area contributed by atoms with Gasteiger partial charge in [-0.1, -0.05) is 41.6 Å². The molecule has 29 heavy (non-hydrogen) atoms. The maximum absolute atomic E-state index is 13.3. The van der Waals surface area contributed by atoms with Crippen molar-refractivity contribution < 1.29 is 13.7 Å². The van der Waals surface area contributed by atoms with Gasteiger partial charge >= 0.3 is 6.03 Å². The van der Waals surface area contributed by atoms with Crippen LogP contribution in [0, 0.1) is 5.82 Å². The molecule has 0 saturated carbocycles. The quantitative estimate of drug-likeness (QED) is 0.692. The Morgan fingerprint density at radius 1 is 1.24 bits per heavy atom. The van der Waals surface area contributed by atoms with E-state index >= 15 is 0 Å². The summed E-state index contributed by atoms with van der Waals surface area (Å²) in [6, 6.07) is 15.2. The van der Waals surface area contributed by atoms with Crippen LogP contribution in [0.25, 0.3) is 0 Å². The van der Waals surface area contributed by atoms with Crippen molar-refractivity contribution in [3.8, 4) is 0 Å². The zero-order valence-corrected chi connectivity index (χ0v) is 16.0. The molecule has 1 aliphatic heterocycles. The van der Waals surface area contributed by atoms with Gasteiger partial charge in [-0.25, -0.2) is 9.18 Å². The first-order valence-electron chi connectivity index (χ1n) is 9.46. The van der Waals surface area contributed by atoms with E-state index in [0.29, 0.717) is 36.8 Å². The number of rotatable bonds is 5. The highest BCUT2D eigenvalue weighted by atomic mass is 19.1. The van der Waals surface area contributed by atoms with Crippen LogP contribution in [-0.4, -0.2) is 40.7 Å². The summed E-state index contributed by atoms with van der Waals surface area (Å²) in [4.78, 5) is 18.8. The Labute approximate surface area is 167 Å². The number of halogens is 1. The number of carbonyl (C=O) groups is 1. The molecule has 2 amide bonds. The van der Waals surface area contributed by atoms with Gasteiger partial charge in [-0.05, 0) is 37.2 Å². The van der Waals surface area contributed by atoms with Gasteiger partial charge in [0.15, 0.2) is 5.82 Å². The standard InChI is InChI=1S/C21H22FN5O2/c1-27-13-17(24-21(28)23-16-9-5-8-15(22)11-16)12-18(27)20-25-19(26-29-20)10-14-6-3-2-4-7-14/h2-9,11,17-18H,10,12-13H2,1H3,(H2,23,24,28). The lowest BCUT2D eigenvalue weighted by molar-refractivity contribution is 0.243. The average molecular weight is 395 g/mol. The Kier molecular flexibility index (Phi) is 5.53. The summed E-state index contributed by atoms with van der Waals surface area (Å²) in [5, 5.41) is 9.66. The highest BCUT2D eigenvalue weighted by molar-refractivity contribution is 5.89. The van der Waals surface area contributed by atoms with Gasteiger partial charge in [-0.3, -0.25) is 4.90 Å². The topological polar surface area (TPSA) is 83.3 Å². The van der Waals surface area contributed by atoms with Crippen LogP contribution >= 0.6 is 0 Å². The van der Waals surface area contributed by atoms with Gasteiger partial charge in [0.25, 0.3) is 0 Å². The van der Waals surface area contributed by atoms with Crippen molar-refractivity contribution in [1.82, 2.24) is 20.4 Å². The predicted molar refractivity (Wildman–Crippen MR) is 106 cm³/mol. The molecule has 2 atom stereocenters. The van der Waals surface area contributed by atoms with Crippen LogP contribution in [0.4, 0.5) is 14.9 Å². The molecule has 1 aliphatic rings. The average Bonchev–Trinajstić information content (AvgIpc) is 3.28. The summed E-state index contributed by atoms with van der Waals surface area (Å²) in [5.41, 5.74) is 1.53. The van der Waals surface area contributed by atoms with E-state index in [0.717, 1.165) is 5.56 Å². The zero-order chi connectivity index (χ0) is 20.2. The molecule has 150 valence electrons. The lowest BCUT2D eigenvalue weighted by Gasteiger charge is -2.14. The number of benzene rings is 2. The molecule has 1 fully saturated rings. The van der Waals surface area contributed by atoms with Crippen molar-refractivity contribution in [3.63, 3.8) is 0 Å². The van der Waals surface area contributed by atoms with E-state index in [1.165, 1.54) is 12.1 Å². The molecule has 2 N–H and O–H groups in total. The van der Waals surface area contributed by atoms with Crippen LogP contribution in [-0.2, 0) is 6.42 Å². The molecule has 2 unspecified atom stereocenters. The first kappa shape index (κ1) is 19.1. The Bertz CT molecular complexity index is 978. The largest absolute Gasteiger partial charge is 0.338 e. The molecule has 1 saturated heterocycles. The zero-order valence-electron chi connectivity index (χ0n) is 16.0. The van der Waals surface area contributed by atoms with Crippen molar-refractivity contribution >= 4 is 11.7 Å². The fraction of sp³-hybridized carbons (Fsp3) is 0.286. The molecule has 4 rings (SSSR count). The number of hydrogen-bond acceptors (Lipinski definition) is 5. The van der Waals surface area contributed by atoms with Crippen molar-refractivity contribution in [2.24, 2.45) is 0 Å². The Balaban J connectivity index is 1.34. The number of nitrogens with one attached hydrogen (secondary N) is 2. The Morgan fingerprint density at radius 2 is 2.07 bits per heavy atom. The van der Waals surface area contributed by atoms with Crippen molar-refractivity contribution in [2.45, 2.75) is 24.9 Å². The fourth-order valence-electron chi connectivity index (χ4n) is 3.56. The maximum Gasteiger partial charge on any atom is 0.319 e. The van der Waals surface area contributed by atoms with E-state index in [1.807, 2.05) is 37.4 Å². The molecule has 7 nitrogen and oxygen atoms in total. The van der Waals surface area contributed by atoms with Crippen LogP contribution in [0.15, 0.2) is 59.1 Å². The number of likely N-dealkylation sites (N-methyl/N-ethyl adjacent to an activating group) is 1. The lowest BCUT2D eigenvalue weighted by Crippen LogP contribution is -2.39. The third kappa shape index (κ3) is 4.78. The second-order valence-corrected chi connectivity index (χ2v) is 7.21. The summed E-state index contributed by atoms with van der Waals surface area (Å²) in [6.07, 6.45) is 1.26. The van der Waals surface area contributed by atoms with Gasteiger partial charge in [0.05, 0.1) is 6.04 Å². The van der Waals surface area contributed by atoms with Gasteiger partial charge in [0, 0.05) is 24.7 Å². The normalized spacial score (nSPS) is 19.2. The van der Waals surface area contributed by atoms with Gasteiger partial charge in [0.1, 0.15) is 5.82 Å². The van der Waals surface area contributed by atoms with E-state index < -0.39 is 5.82 Å². The third-order valence-corrected chi connectivity index (χ3v) is 4.94. The maximum atomic E-state index is 13.3. The van der Waals surface area contributed by atoms with E-state index in [9.17, 15) is 9.18 Å². The molecule has 0 bridgehead atoms. The number of aromatic nitrogens is 2. The third-order valence-electron chi connectivity index (χ3n) is 4.94. The Morgan fingerprint density at radius 3 is 2.86 bits per heavy atom. The van der Waals surface area contributed by atoms with Gasteiger partial charge in [0.2, 0.25) is 5.89 Å². The molecule has 2 heterocycles. The highest BCUT2D eigenvalue weighted by Crippen LogP contribution is 2.29. The monoisotopic (exact) mass is 395 g/mol. The molecule has 8 heteroatoms. The minimum Gasteiger partial charge on any atom is -0.338 e. The van der Waals surface area contributed by atoms with Crippen molar-refractivity contribution in [3.05, 3.63) is 77.7 Å². The Hall–Kier alpha value is -3.26. The minimum atomic E-state index is -0.397. The molecule has 0 aliphatic carbocycles. The number of nitrogens with zero attached hydrogens (tertiary/aromatic N) is 3. The molecule has 1 aromatic heterocycles. The van der Waals surface area contributed by atoms with Gasteiger partial charge in [-0.15, -0.1) is 0 Å². The molecule has 0 spiro atoms. The van der Waals surface area contributed by atoms with Crippen LogP contribution in [0.5, 0.6) is 0 Å². The highest BCUT2D eigenvalue weighted by Gasteiger charge is 2.35. The van der Waals surface area contributed by atoms with Crippen LogP contribution < -0.4 is 10.6 Å². The van der Waals surface area contributed by atoms with E-state index in [2.05, 4.69) is 25.7 Å².